The van der Waals surface area contributed by atoms with E-state index in [0.717, 1.165) is 41.5 Å². The number of benzene rings is 1. The Balaban J connectivity index is 1.89. The summed E-state index contributed by atoms with van der Waals surface area (Å²) in [5, 5.41) is 6.25. The van der Waals surface area contributed by atoms with E-state index in [1.54, 1.807) is 0 Å². The third kappa shape index (κ3) is 6.00. The molecule has 1 atom stereocenters. The van der Waals surface area contributed by atoms with Crippen molar-refractivity contribution in [3.63, 3.8) is 0 Å². The Morgan fingerprint density at radius 2 is 1.85 bits per heavy atom. The van der Waals surface area contributed by atoms with Crippen molar-refractivity contribution in [2.75, 3.05) is 5.75 Å². The van der Waals surface area contributed by atoms with Gasteiger partial charge >= 0.3 is 12.4 Å². The predicted octanol–water partition coefficient (Wildman–Crippen LogP) is 4.97. The van der Waals surface area contributed by atoms with E-state index in [-0.39, 0.29) is 23.4 Å². The Hall–Kier alpha value is -3.16. The van der Waals surface area contributed by atoms with Crippen LogP contribution in [-0.4, -0.2) is 37.6 Å². The van der Waals surface area contributed by atoms with Crippen LogP contribution in [0, 0.1) is 5.82 Å². The summed E-state index contributed by atoms with van der Waals surface area (Å²) in [7, 11) is 0. The Morgan fingerprint density at radius 3 is 2.45 bits per heavy atom. The molecule has 0 radical (unpaired) electrons. The van der Waals surface area contributed by atoms with Crippen LogP contribution in [0.2, 0.25) is 0 Å². The zero-order chi connectivity index (χ0) is 24.4. The largest absolute Gasteiger partial charge is 0.418 e. The molecule has 1 aromatic carbocycles. The third-order valence-electron chi connectivity index (χ3n) is 4.18. The minimum atomic E-state index is -5.08. The third-order valence-corrected chi connectivity index (χ3v) is 5.31. The van der Waals surface area contributed by atoms with Gasteiger partial charge in [-0.2, -0.15) is 36.1 Å². The van der Waals surface area contributed by atoms with Crippen LogP contribution in [0.3, 0.4) is 0 Å². The van der Waals surface area contributed by atoms with Gasteiger partial charge in [-0.15, -0.1) is 11.8 Å². The Morgan fingerprint density at radius 1 is 1.12 bits per heavy atom. The number of nitrogens with zero attached hydrogens (tertiary/aromatic N) is 4. The second kappa shape index (κ2) is 9.37. The molecule has 33 heavy (non-hydrogen) atoms. The Labute approximate surface area is 186 Å². The first-order valence-corrected chi connectivity index (χ1v) is 10.1. The zero-order valence-corrected chi connectivity index (χ0v) is 17.4. The number of rotatable bonds is 6. The second-order valence-electron chi connectivity index (χ2n) is 6.64. The fourth-order valence-electron chi connectivity index (χ4n) is 2.85. The van der Waals surface area contributed by atoms with Gasteiger partial charge < -0.3 is 5.32 Å². The van der Waals surface area contributed by atoms with Crippen LogP contribution in [0.5, 0.6) is 0 Å². The first-order chi connectivity index (χ1) is 15.4. The summed E-state index contributed by atoms with van der Waals surface area (Å²) in [6.45, 7) is 1.41. The number of aromatic nitrogens is 4. The second-order valence-corrected chi connectivity index (χ2v) is 7.66. The first-order valence-electron chi connectivity index (χ1n) is 9.09. The highest BCUT2D eigenvalue weighted by Gasteiger charge is 2.39. The van der Waals surface area contributed by atoms with Crippen molar-refractivity contribution in [3.05, 3.63) is 65.6 Å². The Kier molecular flexibility index (Phi) is 6.95. The molecule has 3 rings (SSSR count). The van der Waals surface area contributed by atoms with Gasteiger partial charge in [0.25, 0.3) is 5.91 Å². The molecule has 176 valence electrons. The number of halogens is 7. The zero-order valence-electron chi connectivity index (χ0n) is 16.6. The molecule has 2 heterocycles. The molecule has 2 aromatic heterocycles. The van der Waals surface area contributed by atoms with Crippen molar-refractivity contribution in [1.29, 1.82) is 0 Å². The molecule has 1 unspecified atom stereocenters. The molecule has 14 heteroatoms. The number of thioether (sulfide) groups is 1. The molecule has 0 fully saturated rings. The first kappa shape index (κ1) is 24.5. The summed E-state index contributed by atoms with van der Waals surface area (Å²) >= 11 is -0.0604. The van der Waals surface area contributed by atoms with Crippen molar-refractivity contribution in [3.8, 4) is 5.82 Å². The SMILES string of the molecule is CC(NC(=O)c1cccc(SCC(F)(F)F)c1C(F)(F)F)c1ncnn1-c1ccc(F)cn1. The molecule has 0 bridgehead atoms. The van der Waals surface area contributed by atoms with E-state index in [9.17, 15) is 35.5 Å². The highest BCUT2D eigenvalue weighted by atomic mass is 32.2. The van der Waals surface area contributed by atoms with Gasteiger partial charge in [0, 0.05) is 4.90 Å². The van der Waals surface area contributed by atoms with Gasteiger partial charge in [-0.3, -0.25) is 4.79 Å². The van der Waals surface area contributed by atoms with E-state index >= 15 is 0 Å². The van der Waals surface area contributed by atoms with Gasteiger partial charge in [0.2, 0.25) is 0 Å². The van der Waals surface area contributed by atoms with E-state index in [4.69, 9.17) is 0 Å². The van der Waals surface area contributed by atoms with E-state index in [2.05, 4.69) is 20.4 Å². The summed E-state index contributed by atoms with van der Waals surface area (Å²) in [5.41, 5.74) is -2.31. The fourth-order valence-corrected chi connectivity index (χ4v) is 3.71. The molecule has 0 aliphatic rings. The van der Waals surface area contributed by atoms with Gasteiger partial charge in [0.1, 0.15) is 12.1 Å². The lowest BCUT2D eigenvalue weighted by molar-refractivity contribution is -0.140. The van der Waals surface area contributed by atoms with Crippen molar-refractivity contribution >= 4 is 17.7 Å². The lowest BCUT2D eigenvalue weighted by Gasteiger charge is -2.19. The van der Waals surface area contributed by atoms with Crippen LogP contribution in [0.1, 0.15) is 34.7 Å². The summed E-state index contributed by atoms with van der Waals surface area (Å²) in [4.78, 5) is 19.8. The lowest BCUT2D eigenvalue weighted by atomic mass is 10.1. The molecule has 0 saturated heterocycles. The van der Waals surface area contributed by atoms with E-state index < -0.39 is 51.9 Å². The van der Waals surface area contributed by atoms with Crippen molar-refractivity contribution in [2.45, 2.75) is 30.2 Å². The predicted molar refractivity (Wildman–Crippen MR) is 103 cm³/mol. The van der Waals surface area contributed by atoms with Gasteiger partial charge in [-0.05, 0) is 31.2 Å². The van der Waals surface area contributed by atoms with Crippen LogP contribution >= 0.6 is 11.8 Å². The standard InChI is InChI=1S/C19H14F7N5OS/c1-10(16-28-9-29-31(16)14-6-5-11(20)7-27-14)30-17(32)12-3-2-4-13(15(12)19(24,25)26)33-8-18(21,22)23/h2-7,9-10H,8H2,1H3,(H,30,32). The molecule has 1 amide bonds. The van der Waals surface area contributed by atoms with Crippen LogP contribution in [0.25, 0.3) is 5.82 Å². The van der Waals surface area contributed by atoms with Crippen LogP contribution in [-0.2, 0) is 6.18 Å². The number of hydrogen-bond acceptors (Lipinski definition) is 5. The van der Waals surface area contributed by atoms with E-state index in [1.165, 1.54) is 13.0 Å². The Bertz CT molecular complexity index is 1130. The minimum absolute atomic E-state index is 0.0604. The van der Waals surface area contributed by atoms with Crippen LogP contribution in [0.4, 0.5) is 30.7 Å². The van der Waals surface area contributed by atoms with E-state index in [0.29, 0.717) is 0 Å². The normalized spacial score (nSPS) is 13.1. The molecule has 1 N–H and O–H groups in total. The molecule has 0 spiro atoms. The summed E-state index contributed by atoms with van der Waals surface area (Å²) in [6.07, 6.45) is -7.75. The number of nitrogens with one attached hydrogen (secondary N) is 1. The molecule has 0 aliphatic carbocycles. The number of alkyl halides is 6. The van der Waals surface area contributed by atoms with Crippen LogP contribution < -0.4 is 5.32 Å². The minimum Gasteiger partial charge on any atom is -0.342 e. The fraction of sp³-hybridized carbons (Fsp3) is 0.263. The molecule has 6 nitrogen and oxygen atoms in total. The maximum atomic E-state index is 13.7. The number of carbonyl (C=O) groups excluding carboxylic acids is 1. The molecule has 3 aromatic rings. The number of amides is 1. The summed E-state index contributed by atoms with van der Waals surface area (Å²) < 4.78 is 92.9. The number of hydrogen-bond donors (Lipinski definition) is 1. The molecule has 0 saturated carbocycles. The van der Waals surface area contributed by atoms with Crippen LogP contribution in [0.15, 0.2) is 47.8 Å². The smallest absolute Gasteiger partial charge is 0.342 e. The average molecular weight is 493 g/mol. The monoisotopic (exact) mass is 493 g/mol. The van der Waals surface area contributed by atoms with Crippen molar-refractivity contribution < 1.29 is 35.5 Å². The number of carbonyl (C=O) groups is 1. The maximum Gasteiger partial charge on any atom is 0.418 e. The summed E-state index contributed by atoms with van der Waals surface area (Å²) in [6, 6.07) is 4.21. The lowest BCUT2D eigenvalue weighted by Crippen LogP contribution is -2.31. The van der Waals surface area contributed by atoms with E-state index in [1.807, 2.05) is 0 Å². The van der Waals surface area contributed by atoms with Gasteiger partial charge in [0.15, 0.2) is 11.6 Å². The molecular weight excluding hydrogens is 479 g/mol. The quantitative estimate of drug-likeness (QED) is 0.388. The number of pyridine rings is 1. The van der Waals surface area contributed by atoms with Crippen molar-refractivity contribution in [2.24, 2.45) is 0 Å². The topological polar surface area (TPSA) is 72.7 Å². The van der Waals surface area contributed by atoms with Gasteiger partial charge in [-0.25, -0.2) is 14.4 Å². The molecular formula is C19H14F7N5OS. The highest BCUT2D eigenvalue weighted by Crippen LogP contribution is 2.40. The van der Waals surface area contributed by atoms with Gasteiger partial charge in [0.05, 0.1) is 29.1 Å². The summed E-state index contributed by atoms with van der Waals surface area (Å²) in [5.74, 6) is -3.11. The van der Waals surface area contributed by atoms with Crippen molar-refractivity contribution in [1.82, 2.24) is 25.1 Å². The maximum absolute atomic E-state index is 13.7. The van der Waals surface area contributed by atoms with Gasteiger partial charge in [-0.1, -0.05) is 6.07 Å². The highest BCUT2D eigenvalue weighted by molar-refractivity contribution is 7.99. The molecule has 0 aliphatic heterocycles. The average Bonchev–Trinajstić information content (AvgIpc) is 3.21.